The molecule has 0 saturated heterocycles. The number of para-hydroxylation sites is 1. The Morgan fingerprint density at radius 3 is 2.48 bits per heavy atom. The van der Waals surface area contributed by atoms with Gasteiger partial charge < -0.3 is 15.5 Å². The van der Waals surface area contributed by atoms with Crippen LogP contribution in [0.4, 0.5) is 5.69 Å². The van der Waals surface area contributed by atoms with Crippen molar-refractivity contribution >= 4 is 27.6 Å². The third-order valence-corrected chi connectivity index (χ3v) is 3.40. The average molecular weight is 315 g/mol. The Labute approximate surface area is 122 Å². The number of nitrogens with one attached hydrogen (secondary N) is 3. The lowest BCUT2D eigenvalue weighted by Gasteiger charge is -2.09. The molecule has 0 spiro atoms. The molecule has 21 heavy (non-hydrogen) atoms. The normalized spacial score (nSPS) is 10.7. The first kappa shape index (κ1) is 16.9. The zero-order valence-electron chi connectivity index (χ0n) is 11.5. The quantitative estimate of drug-likeness (QED) is 0.359. The standard InChI is InChI=1S/C12H17N3O5S/c1-2-20-12(17)11(16)13-8-9-21(18,19)15-14-10-6-4-3-5-7-10/h3-7,14-15H,2,8-9H2,1H3,(H,13,16). The highest BCUT2D eigenvalue weighted by Gasteiger charge is 2.16. The molecule has 0 bridgehead atoms. The minimum Gasteiger partial charge on any atom is -0.459 e. The van der Waals surface area contributed by atoms with Gasteiger partial charge in [-0.05, 0) is 19.1 Å². The summed E-state index contributed by atoms with van der Waals surface area (Å²) >= 11 is 0. The number of benzene rings is 1. The maximum atomic E-state index is 11.6. The van der Waals surface area contributed by atoms with Gasteiger partial charge in [0.1, 0.15) is 0 Å². The summed E-state index contributed by atoms with van der Waals surface area (Å²) in [6.07, 6.45) is 0. The van der Waals surface area contributed by atoms with Gasteiger partial charge >= 0.3 is 11.9 Å². The molecule has 0 aliphatic carbocycles. The number of hydrazine groups is 1. The molecule has 1 aromatic carbocycles. The van der Waals surface area contributed by atoms with Crippen LogP contribution in [0.5, 0.6) is 0 Å². The van der Waals surface area contributed by atoms with E-state index in [1.54, 1.807) is 37.3 Å². The van der Waals surface area contributed by atoms with Crippen LogP contribution < -0.4 is 15.6 Å². The fraction of sp³-hybridized carbons (Fsp3) is 0.333. The zero-order valence-corrected chi connectivity index (χ0v) is 12.3. The van der Waals surface area contributed by atoms with Gasteiger partial charge in [-0.25, -0.2) is 13.2 Å². The molecule has 0 aliphatic rings. The van der Waals surface area contributed by atoms with Crippen molar-refractivity contribution in [3.05, 3.63) is 30.3 Å². The van der Waals surface area contributed by atoms with Gasteiger partial charge in [-0.15, -0.1) is 4.83 Å². The van der Waals surface area contributed by atoms with E-state index in [-0.39, 0.29) is 18.9 Å². The van der Waals surface area contributed by atoms with Crippen LogP contribution in [-0.2, 0) is 24.3 Å². The van der Waals surface area contributed by atoms with E-state index in [4.69, 9.17) is 0 Å². The Morgan fingerprint density at radius 1 is 1.19 bits per heavy atom. The van der Waals surface area contributed by atoms with Crippen LogP contribution in [0.1, 0.15) is 6.92 Å². The lowest BCUT2D eigenvalue weighted by molar-refractivity contribution is -0.154. The van der Waals surface area contributed by atoms with Gasteiger partial charge in [0, 0.05) is 12.2 Å². The predicted molar refractivity (Wildman–Crippen MR) is 76.6 cm³/mol. The highest BCUT2D eigenvalue weighted by Crippen LogP contribution is 2.03. The van der Waals surface area contributed by atoms with Crippen LogP contribution >= 0.6 is 0 Å². The second-order valence-corrected chi connectivity index (χ2v) is 5.73. The second-order valence-electron chi connectivity index (χ2n) is 3.89. The summed E-state index contributed by atoms with van der Waals surface area (Å²) in [5.74, 6) is -2.38. The minimum absolute atomic E-state index is 0.0765. The molecule has 0 radical (unpaired) electrons. The number of sulfonamides is 1. The molecule has 0 heterocycles. The van der Waals surface area contributed by atoms with E-state index in [9.17, 15) is 18.0 Å². The van der Waals surface area contributed by atoms with Crippen molar-refractivity contribution in [1.29, 1.82) is 0 Å². The first-order valence-electron chi connectivity index (χ1n) is 6.20. The monoisotopic (exact) mass is 315 g/mol. The number of carbonyl (C=O) groups is 2. The summed E-state index contributed by atoms with van der Waals surface area (Å²) in [6.45, 7) is 1.44. The van der Waals surface area contributed by atoms with Crippen molar-refractivity contribution in [3.63, 3.8) is 0 Å². The van der Waals surface area contributed by atoms with E-state index < -0.39 is 21.9 Å². The number of anilines is 1. The fourth-order valence-electron chi connectivity index (χ4n) is 1.28. The van der Waals surface area contributed by atoms with Crippen molar-refractivity contribution in [2.24, 2.45) is 0 Å². The number of carbonyl (C=O) groups excluding carboxylic acids is 2. The van der Waals surface area contributed by atoms with Crippen molar-refractivity contribution < 1.29 is 22.7 Å². The van der Waals surface area contributed by atoms with Gasteiger partial charge in [0.25, 0.3) is 0 Å². The molecule has 0 fully saturated rings. The SMILES string of the molecule is CCOC(=O)C(=O)NCCS(=O)(=O)NNc1ccccc1. The van der Waals surface area contributed by atoms with Gasteiger partial charge in [0.05, 0.1) is 12.4 Å². The molecule has 1 aromatic rings. The molecule has 116 valence electrons. The van der Waals surface area contributed by atoms with Crippen LogP contribution in [0, 0.1) is 0 Å². The summed E-state index contributed by atoms with van der Waals surface area (Å²) in [6, 6.07) is 8.66. The van der Waals surface area contributed by atoms with Crippen LogP contribution in [0.25, 0.3) is 0 Å². The van der Waals surface area contributed by atoms with Crippen LogP contribution in [0.3, 0.4) is 0 Å². The molecular weight excluding hydrogens is 298 g/mol. The molecule has 1 rings (SSSR count). The highest BCUT2D eigenvalue weighted by atomic mass is 32.2. The Bertz CT molecular complexity index is 574. The van der Waals surface area contributed by atoms with Gasteiger partial charge in [-0.1, -0.05) is 18.2 Å². The molecule has 8 nitrogen and oxygen atoms in total. The van der Waals surface area contributed by atoms with Crippen molar-refractivity contribution in [2.75, 3.05) is 24.3 Å². The summed E-state index contributed by atoms with van der Waals surface area (Å²) in [7, 11) is -3.64. The van der Waals surface area contributed by atoms with Crippen LogP contribution in [0.2, 0.25) is 0 Å². The van der Waals surface area contributed by atoms with E-state index in [1.165, 1.54) is 0 Å². The van der Waals surface area contributed by atoms with Crippen molar-refractivity contribution in [1.82, 2.24) is 10.1 Å². The molecule has 3 N–H and O–H groups in total. The lowest BCUT2D eigenvalue weighted by Crippen LogP contribution is -2.39. The molecule has 0 unspecified atom stereocenters. The third kappa shape index (κ3) is 6.72. The Balaban J connectivity index is 2.33. The largest absolute Gasteiger partial charge is 0.459 e. The van der Waals surface area contributed by atoms with E-state index >= 15 is 0 Å². The number of rotatable bonds is 7. The lowest BCUT2D eigenvalue weighted by atomic mass is 10.3. The van der Waals surface area contributed by atoms with Crippen LogP contribution in [-0.4, -0.2) is 39.2 Å². The molecule has 0 aliphatic heterocycles. The maximum Gasteiger partial charge on any atom is 0.396 e. The van der Waals surface area contributed by atoms with Crippen molar-refractivity contribution in [2.45, 2.75) is 6.92 Å². The number of amides is 1. The predicted octanol–water partition coefficient (Wildman–Crippen LogP) is -0.388. The molecule has 0 atom stereocenters. The molecule has 0 aromatic heterocycles. The summed E-state index contributed by atoms with van der Waals surface area (Å²) < 4.78 is 27.7. The van der Waals surface area contributed by atoms with Gasteiger partial charge in [-0.3, -0.25) is 4.79 Å². The van der Waals surface area contributed by atoms with E-state index in [1.807, 2.05) is 0 Å². The number of hydrogen-bond acceptors (Lipinski definition) is 6. The summed E-state index contributed by atoms with van der Waals surface area (Å²) in [5, 5.41) is 2.16. The molecule has 9 heteroatoms. The maximum absolute atomic E-state index is 11.6. The topological polar surface area (TPSA) is 114 Å². The summed E-state index contributed by atoms with van der Waals surface area (Å²) in [4.78, 5) is 24.3. The van der Waals surface area contributed by atoms with Crippen LogP contribution in [0.15, 0.2) is 30.3 Å². The third-order valence-electron chi connectivity index (χ3n) is 2.24. The first-order chi connectivity index (χ1) is 9.94. The fourth-order valence-corrected chi connectivity index (χ4v) is 2.02. The molecule has 1 amide bonds. The van der Waals surface area contributed by atoms with E-state index in [0.717, 1.165) is 0 Å². The molecular formula is C12H17N3O5S. The van der Waals surface area contributed by atoms with E-state index in [2.05, 4.69) is 20.3 Å². The Morgan fingerprint density at radius 2 is 1.86 bits per heavy atom. The molecule has 0 saturated carbocycles. The number of ether oxygens (including phenoxy) is 1. The number of hydrogen-bond donors (Lipinski definition) is 3. The van der Waals surface area contributed by atoms with Crippen molar-refractivity contribution in [3.8, 4) is 0 Å². The minimum atomic E-state index is -3.64. The zero-order chi connectivity index (χ0) is 15.7. The number of esters is 1. The van der Waals surface area contributed by atoms with Gasteiger partial charge in [0.2, 0.25) is 10.0 Å². The Kier molecular flexibility index (Phi) is 6.63. The van der Waals surface area contributed by atoms with Gasteiger partial charge in [0.15, 0.2) is 0 Å². The highest BCUT2D eigenvalue weighted by molar-refractivity contribution is 7.89. The van der Waals surface area contributed by atoms with Gasteiger partial charge in [-0.2, -0.15) is 0 Å². The summed E-state index contributed by atoms with van der Waals surface area (Å²) in [5.41, 5.74) is 3.10. The Hall–Kier alpha value is -2.13. The van der Waals surface area contributed by atoms with E-state index in [0.29, 0.717) is 5.69 Å². The first-order valence-corrected chi connectivity index (χ1v) is 7.85. The smallest absolute Gasteiger partial charge is 0.396 e. The average Bonchev–Trinajstić information content (AvgIpc) is 2.46. The second kappa shape index (κ2) is 8.22.